The number of benzene rings is 1. The van der Waals surface area contributed by atoms with Crippen molar-refractivity contribution in [2.75, 3.05) is 5.32 Å². The van der Waals surface area contributed by atoms with Gasteiger partial charge < -0.3 is 5.32 Å². The summed E-state index contributed by atoms with van der Waals surface area (Å²) < 4.78 is 13.2. The third-order valence-corrected chi connectivity index (χ3v) is 2.72. The van der Waals surface area contributed by atoms with Gasteiger partial charge in [0.05, 0.1) is 11.0 Å². The number of non-ortho nitro benzene ring substituents is 1. The Morgan fingerprint density at radius 2 is 2.21 bits per heavy atom. The Kier molecular flexibility index (Phi) is 3.70. The summed E-state index contributed by atoms with van der Waals surface area (Å²) in [6.07, 6.45) is 3.39. The second-order valence-electron chi connectivity index (χ2n) is 4.11. The number of halogens is 1. The van der Waals surface area contributed by atoms with Gasteiger partial charge in [-0.3, -0.25) is 15.1 Å². The maximum Gasteiger partial charge on any atom is 0.274 e. The van der Waals surface area contributed by atoms with Crippen molar-refractivity contribution >= 4 is 11.4 Å². The fraction of sp³-hybridized carbons (Fsp3) is 0.154. The molecule has 0 bridgehead atoms. The van der Waals surface area contributed by atoms with E-state index >= 15 is 0 Å². The predicted octanol–water partition coefficient (Wildman–Crippen LogP) is 3.05. The largest absolute Gasteiger partial charge is 0.381 e. The number of nitrogens with zero attached hydrogens (tertiary/aromatic N) is 2. The van der Waals surface area contributed by atoms with Crippen molar-refractivity contribution in [1.82, 2.24) is 4.98 Å². The Bertz CT molecular complexity index is 617. The van der Waals surface area contributed by atoms with E-state index < -0.39 is 10.7 Å². The van der Waals surface area contributed by atoms with Crippen molar-refractivity contribution in [3.8, 4) is 0 Å². The molecule has 0 fully saturated rings. The van der Waals surface area contributed by atoms with E-state index in [1.165, 1.54) is 12.1 Å². The van der Waals surface area contributed by atoms with Gasteiger partial charge in [0.2, 0.25) is 0 Å². The highest BCUT2D eigenvalue weighted by Crippen LogP contribution is 2.20. The van der Waals surface area contributed by atoms with Gasteiger partial charge >= 0.3 is 0 Å². The molecule has 2 rings (SSSR count). The molecule has 1 aromatic heterocycles. The number of rotatable bonds is 4. The normalized spacial score (nSPS) is 10.2. The Labute approximate surface area is 109 Å². The van der Waals surface area contributed by atoms with E-state index in [0.29, 0.717) is 12.2 Å². The van der Waals surface area contributed by atoms with Crippen LogP contribution in [0.15, 0.2) is 36.7 Å². The smallest absolute Gasteiger partial charge is 0.274 e. The lowest BCUT2D eigenvalue weighted by molar-refractivity contribution is -0.385. The van der Waals surface area contributed by atoms with Gasteiger partial charge in [0.1, 0.15) is 5.82 Å². The van der Waals surface area contributed by atoms with Crippen LogP contribution in [0.1, 0.15) is 11.1 Å². The molecule has 1 aromatic carbocycles. The molecule has 19 heavy (non-hydrogen) atoms. The van der Waals surface area contributed by atoms with E-state index in [1.54, 1.807) is 12.4 Å². The lowest BCUT2D eigenvalue weighted by Gasteiger charge is -2.08. The summed E-state index contributed by atoms with van der Waals surface area (Å²) in [4.78, 5) is 14.0. The molecule has 6 heteroatoms. The first-order valence-corrected chi connectivity index (χ1v) is 5.64. The zero-order valence-corrected chi connectivity index (χ0v) is 10.3. The number of anilines is 1. The Hall–Kier alpha value is -2.50. The lowest BCUT2D eigenvalue weighted by atomic mass is 10.1. The summed E-state index contributed by atoms with van der Waals surface area (Å²) >= 11 is 0. The van der Waals surface area contributed by atoms with Gasteiger partial charge in [0.15, 0.2) is 0 Å². The molecule has 2 aromatic rings. The van der Waals surface area contributed by atoms with Crippen LogP contribution in [-0.2, 0) is 6.54 Å². The highest BCUT2D eigenvalue weighted by Gasteiger charge is 2.09. The van der Waals surface area contributed by atoms with Crippen LogP contribution in [0.25, 0.3) is 0 Å². The molecular formula is C13H12FN3O2. The van der Waals surface area contributed by atoms with Crippen LogP contribution >= 0.6 is 0 Å². The molecule has 0 unspecified atom stereocenters. The van der Waals surface area contributed by atoms with Gasteiger partial charge in [-0.2, -0.15) is 0 Å². The summed E-state index contributed by atoms with van der Waals surface area (Å²) in [6.45, 7) is 2.37. The highest BCUT2D eigenvalue weighted by atomic mass is 19.1. The minimum atomic E-state index is -0.639. The second kappa shape index (κ2) is 5.43. The first-order chi connectivity index (χ1) is 9.06. The summed E-state index contributed by atoms with van der Waals surface area (Å²) in [6, 6.07) is 5.28. The van der Waals surface area contributed by atoms with Gasteiger partial charge in [-0.25, -0.2) is 4.39 Å². The SMILES string of the molecule is Cc1ccncc1CNc1cc(F)cc([N+](=O)[O-])c1. The molecule has 0 spiro atoms. The molecule has 1 N–H and O–H groups in total. The fourth-order valence-electron chi connectivity index (χ4n) is 1.66. The Morgan fingerprint density at radius 3 is 2.89 bits per heavy atom. The van der Waals surface area contributed by atoms with Gasteiger partial charge in [-0.1, -0.05) is 0 Å². The summed E-state index contributed by atoms with van der Waals surface area (Å²) in [5.74, 6) is -0.639. The minimum absolute atomic E-state index is 0.273. The standard InChI is InChI=1S/C13H12FN3O2/c1-9-2-3-15-7-10(9)8-16-12-4-11(14)5-13(6-12)17(18)19/h2-7,16H,8H2,1H3. The summed E-state index contributed by atoms with van der Waals surface area (Å²) in [5.41, 5.74) is 2.10. The molecule has 0 saturated heterocycles. The number of aryl methyl sites for hydroxylation is 1. The van der Waals surface area contributed by atoms with Crippen LogP contribution in [0.3, 0.4) is 0 Å². The molecule has 1 heterocycles. The second-order valence-corrected chi connectivity index (χ2v) is 4.11. The Morgan fingerprint density at radius 1 is 1.42 bits per heavy atom. The fourth-order valence-corrected chi connectivity index (χ4v) is 1.66. The van der Waals surface area contributed by atoms with Crippen molar-refractivity contribution < 1.29 is 9.31 Å². The molecule has 98 valence electrons. The third kappa shape index (κ3) is 3.25. The average molecular weight is 261 g/mol. The van der Waals surface area contributed by atoms with Gasteiger partial charge in [0.25, 0.3) is 5.69 Å². The monoisotopic (exact) mass is 261 g/mol. The van der Waals surface area contributed by atoms with Gasteiger partial charge in [0, 0.05) is 30.7 Å². The number of hydrogen-bond acceptors (Lipinski definition) is 4. The molecule has 0 aliphatic rings. The van der Waals surface area contributed by atoms with Gasteiger partial charge in [-0.15, -0.1) is 0 Å². The molecule has 0 saturated carbocycles. The van der Waals surface area contributed by atoms with E-state index in [0.717, 1.165) is 17.2 Å². The maximum absolute atomic E-state index is 13.2. The van der Waals surface area contributed by atoms with E-state index in [9.17, 15) is 14.5 Å². The van der Waals surface area contributed by atoms with Crippen LogP contribution in [0, 0.1) is 22.9 Å². The third-order valence-electron chi connectivity index (χ3n) is 2.72. The number of nitro groups is 1. The zero-order chi connectivity index (χ0) is 13.8. The summed E-state index contributed by atoms with van der Waals surface area (Å²) in [7, 11) is 0. The van der Waals surface area contributed by atoms with Crippen molar-refractivity contribution in [3.63, 3.8) is 0 Å². The van der Waals surface area contributed by atoms with Crippen molar-refractivity contribution in [2.45, 2.75) is 13.5 Å². The van der Waals surface area contributed by atoms with Crippen molar-refractivity contribution in [3.05, 3.63) is 63.7 Å². The molecule has 5 nitrogen and oxygen atoms in total. The van der Waals surface area contributed by atoms with Crippen LogP contribution in [0.5, 0.6) is 0 Å². The first kappa shape index (κ1) is 12.9. The van der Waals surface area contributed by atoms with Crippen LogP contribution in [-0.4, -0.2) is 9.91 Å². The van der Waals surface area contributed by atoms with Crippen molar-refractivity contribution in [2.24, 2.45) is 0 Å². The van der Waals surface area contributed by atoms with E-state index in [2.05, 4.69) is 10.3 Å². The molecule has 0 amide bonds. The topological polar surface area (TPSA) is 68.1 Å². The number of aromatic nitrogens is 1. The first-order valence-electron chi connectivity index (χ1n) is 5.64. The molecular weight excluding hydrogens is 249 g/mol. The van der Waals surface area contributed by atoms with Crippen LogP contribution < -0.4 is 5.32 Å². The molecule has 0 radical (unpaired) electrons. The number of pyridine rings is 1. The van der Waals surface area contributed by atoms with E-state index in [4.69, 9.17) is 0 Å². The number of hydrogen-bond donors (Lipinski definition) is 1. The van der Waals surface area contributed by atoms with Crippen LogP contribution in [0.4, 0.5) is 15.8 Å². The predicted molar refractivity (Wildman–Crippen MR) is 69.4 cm³/mol. The van der Waals surface area contributed by atoms with Gasteiger partial charge in [-0.05, 0) is 30.2 Å². The number of nitro benzene ring substituents is 1. The van der Waals surface area contributed by atoms with Crippen LogP contribution in [0.2, 0.25) is 0 Å². The zero-order valence-electron chi connectivity index (χ0n) is 10.3. The molecule has 0 aliphatic heterocycles. The highest BCUT2D eigenvalue weighted by molar-refractivity contribution is 5.52. The molecule has 0 aliphatic carbocycles. The average Bonchev–Trinajstić information content (AvgIpc) is 2.37. The number of nitrogens with one attached hydrogen (secondary N) is 1. The van der Waals surface area contributed by atoms with E-state index in [-0.39, 0.29) is 5.69 Å². The Balaban J connectivity index is 2.16. The van der Waals surface area contributed by atoms with E-state index in [1.807, 2.05) is 13.0 Å². The quantitative estimate of drug-likeness (QED) is 0.678. The molecule has 0 atom stereocenters. The lowest BCUT2D eigenvalue weighted by Crippen LogP contribution is -2.02. The minimum Gasteiger partial charge on any atom is -0.381 e. The maximum atomic E-state index is 13.2. The summed E-state index contributed by atoms with van der Waals surface area (Å²) in [5, 5.41) is 13.6. The van der Waals surface area contributed by atoms with Crippen molar-refractivity contribution in [1.29, 1.82) is 0 Å².